The summed E-state index contributed by atoms with van der Waals surface area (Å²) >= 11 is 0. The van der Waals surface area contributed by atoms with Gasteiger partial charge in [-0.25, -0.2) is 0 Å². The van der Waals surface area contributed by atoms with Crippen LogP contribution in [0.5, 0.6) is 17.2 Å². The summed E-state index contributed by atoms with van der Waals surface area (Å²) in [4.78, 5) is 2.56. The highest BCUT2D eigenvalue weighted by atomic mass is 32.2. The number of ether oxygens (including phenoxy) is 5. The highest BCUT2D eigenvalue weighted by molar-refractivity contribution is 7.96. The lowest BCUT2D eigenvalue weighted by atomic mass is 10.2. The van der Waals surface area contributed by atoms with Gasteiger partial charge in [0.1, 0.15) is 49.9 Å². The van der Waals surface area contributed by atoms with E-state index in [1.54, 1.807) is 7.11 Å². The molecule has 0 saturated heterocycles. The molecule has 0 aliphatic rings. The van der Waals surface area contributed by atoms with Crippen LogP contribution in [0.25, 0.3) is 0 Å². The zero-order valence-corrected chi connectivity index (χ0v) is 25.6. The van der Waals surface area contributed by atoms with Gasteiger partial charge in [-0.3, -0.25) is 0 Å². The maximum Gasteiger partial charge on any atom is 0.160 e. The van der Waals surface area contributed by atoms with E-state index in [1.165, 1.54) is 27.9 Å². The summed E-state index contributed by atoms with van der Waals surface area (Å²) < 4.78 is 26.1. The lowest BCUT2D eigenvalue weighted by molar-refractivity contribution is 0.179. The van der Waals surface area contributed by atoms with E-state index in [9.17, 15) is 0 Å². The maximum atomic E-state index is 5.59. The van der Waals surface area contributed by atoms with E-state index >= 15 is 0 Å². The summed E-state index contributed by atoms with van der Waals surface area (Å²) in [6, 6.07) is 24.4. The number of hydrogen-bond donors (Lipinski definition) is 0. The minimum atomic E-state index is 0. The third-order valence-electron chi connectivity index (χ3n) is 4.79. The Kier molecular flexibility index (Phi) is 24.9. The van der Waals surface area contributed by atoms with Crippen LogP contribution in [0.15, 0.2) is 108 Å². The Hall–Kier alpha value is -3.51. The van der Waals surface area contributed by atoms with Gasteiger partial charge in [-0.2, -0.15) is 0 Å². The molecule has 0 amide bonds. The van der Waals surface area contributed by atoms with E-state index in [4.69, 9.17) is 23.7 Å². The predicted octanol–water partition coefficient (Wildman–Crippen LogP) is 9.12. The second-order valence-electron chi connectivity index (χ2n) is 7.24. The number of methoxy groups -OCH3 is 1. The molecule has 0 radical (unpaired) electrons. The average molecular weight is 572 g/mol. The Morgan fingerprint density at radius 3 is 1.30 bits per heavy atom. The summed E-state index contributed by atoms with van der Waals surface area (Å²) in [7, 11) is 1.71. The predicted molar refractivity (Wildman–Crippen MR) is 173 cm³/mol. The molecule has 5 nitrogen and oxygen atoms in total. The summed E-state index contributed by atoms with van der Waals surface area (Å²) in [5.74, 6) is 2.60. The number of aryl methyl sites for hydroxylation is 1. The van der Waals surface area contributed by atoms with Gasteiger partial charge >= 0.3 is 0 Å². The van der Waals surface area contributed by atoms with Gasteiger partial charge in [0.15, 0.2) is 9.79 Å². The molecule has 40 heavy (non-hydrogen) atoms. The van der Waals surface area contributed by atoms with Crippen molar-refractivity contribution < 1.29 is 23.7 Å². The van der Waals surface area contributed by atoms with Crippen LogP contribution >= 0.6 is 0 Å². The number of benzene rings is 3. The molecule has 0 aliphatic heterocycles. The zero-order valence-electron chi connectivity index (χ0n) is 24.8. The van der Waals surface area contributed by atoms with Crippen LogP contribution in [0.4, 0.5) is 0 Å². The van der Waals surface area contributed by atoms with E-state index in [0.717, 1.165) is 17.2 Å². The fourth-order valence-electron chi connectivity index (χ4n) is 2.87. The number of rotatable bonds is 13. The lowest BCUT2D eigenvalue weighted by Crippen LogP contribution is -2.04. The number of hydrogen-bond acceptors (Lipinski definition) is 5. The van der Waals surface area contributed by atoms with Gasteiger partial charge in [-0.05, 0) is 67.6 Å². The molecular formula is C34H51O5S+. The molecule has 1 unspecified atom stereocenters. The molecular weight excluding hydrogens is 520 g/mol. The van der Waals surface area contributed by atoms with Crippen molar-refractivity contribution in [3.8, 4) is 17.2 Å². The minimum absolute atomic E-state index is 0. The molecule has 3 rings (SSSR count). The molecule has 0 aliphatic carbocycles. The maximum absolute atomic E-state index is 5.59. The SMILES string of the molecule is C.C=COCCOc1ccc(C)cc1.C=COCCOc1ccc([S+](C)c2ccc(OC)cc2)cc1.CC.CC. The smallest absolute Gasteiger partial charge is 0.160 e. The molecule has 1 atom stereocenters. The van der Waals surface area contributed by atoms with E-state index in [1.807, 2.05) is 83.1 Å². The van der Waals surface area contributed by atoms with Gasteiger partial charge in [0.25, 0.3) is 0 Å². The van der Waals surface area contributed by atoms with Crippen molar-refractivity contribution in [1.29, 1.82) is 0 Å². The molecule has 0 fully saturated rings. The fourth-order valence-corrected chi connectivity index (χ4v) is 4.23. The Morgan fingerprint density at radius 1 is 0.600 bits per heavy atom. The Morgan fingerprint density at radius 2 is 0.950 bits per heavy atom. The van der Waals surface area contributed by atoms with Crippen molar-refractivity contribution in [3.63, 3.8) is 0 Å². The van der Waals surface area contributed by atoms with Gasteiger partial charge in [0, 0.05) is 0 Å². The first-order valence-electron chi connectivity index (χ1n) is 13.2. The third-order valence-corrected chi connectivity index (χ3v) is 6.75. The van der Waals surface area contributed by atoms with Crippen LogP contribution in [-0.2, 0) is 20.4 Å². The van der Waals surface area contributed by atoms with Crippen LogP contribution < -0.4 is 14.2 Å². The summed E-state index contributed by atoms with van der Waals surface area (Å²) in [6.45, 7) is 19.1. The molecule has 222 valence electrons. The van der Waals surface area contributed by atoms with Crippen molar-refractivity contribution in [2.24, 2.45) is 0 Å². The van der Waals surface area contributed by atoms with Crippen molar-refractivity contribution in [2.45, 2.75) is 51.8 Å². The quantitative estimate of drug-likeness (QED) is 0.116. The van der Waals surface area contributed by atoms with E-state index < -0.39 is 0 Å². The Labute approximate surface area is 247 Å². The first-order chi connectivity index (χ1) is 19.1. The van der Waals surface area contributed by atoms with E-state index in [-0.39, 0.29) is 18.3 Å². The highest BCUT2D eigenvalue weighted by Gasteiger charge is 2.19. The van der Waals surface area contributed by atoms with Gasteiger partial charge in [0.05, 0.1) is 30.5 Å². The molecule has 6 heteroatoms. The molecule has 0 heterocycles. The molecule has 0 spiro atoms. The third kappa shape index (κ3) is 16.5. The minimum Gasteiger partial charge on any atom is -0.498 e. The van der Waals surface area contributed by atoms with Crippen molar-refractivity contribution in [1.82, 2.24) is 0 Å². The highest BCUT2D eigenvalue weighted by Crippen LogP contribution is 2.25. The second kappa shape index (κ2) is 25.8. The van der Waals surface area contributed by atoms with Gasteiger partial charge < -0.3 is 23.7 Å². The van der Waals surface area contributed by atoms with Crippen molar-refractivity contribution in [2.75, 3.05) is 39.8 Å². The van der Waals surface area contributed by atoms with Crippen molar-refractivity contribution in [3.05, 3.63) is 104 Å². The van der Waals surface area contributed by atoms with Crippen LogP contribution in [0.1, 0.15) is 40.7 Å². The Balaban J connectivity index is 0. The standard InChI is InChI=1S/C18H21O3S.C11H14O2.2C2H6.CH4/c1-4-20-13-14-21-16-7-11-18(12-8-16)22(3)17-9-5-15(19-2)6-10-17;1-3-12-8-9-13-11-6-4-10(2)5-7-11;2*1-2;/h4-12H,1,13-14H2,2-3H3;3-7H,1,8-9H2,2H3;2*1-2H3;1H4/q+1;;;;. The van der Waals surface area contributed by atoms with E-state index in [2.05, 4.69) is 43.7 Å². The van der Waals surface area contributed by atoms with Gasteiger partial charge in [-0.1, -0.05) is 66.0 Å². The molecule has 3 aromatic rings. The summed E-state index contributed by atoms with van der Waals surface area (Å²) in [6.07, 6.45) is 5.05. The topological polar surface area (TPSA) is 46.2 Å². The molecule has 0 N–H and O–H groups in total. The molecule has 0 aromatic heterocycles. The van der Waals surface area contributed by atoms with Crippen LogP contribution in [0.2, 0.25) is 0 Å². The molecule has 3 aromatic carbocycles. The first-order valence-corrected chi connectivity index (χ1v) is 14.9. The van der Waals surface area contributed by atoms with Gasteiger partial charge in [0.2, 0.25) is 0 Å². The lowest BCUT2D eigenvalue weighted by Gasteiger charge is -2.07. The van der Waals surface area contributed by atoms with Crippen LogP contribution in [0.3, 0.4) is 0 Å². The average Bonchev–Trinajstić information content (AvgIpc) is 3.01. The Bertz CT molecular complexity index is 986. The summed E-state index contributed by atoms with van der Waals surface area (Å²) in [5, 5.41) is 0. The van der Waals surface area contributed by atoms with E-state index in [0.29, 0.717) is 26.4 Å². The second-order valence-corrected chi connectivity index (χ2v) is 9.21. The monoisotopic (exact) mass is 571 g/mol. The normalized spacial score (nSPS) is 9.68. The largest absolute Gasteiger partial charge is 0.498 e. The molecule has 0 bridgehead atoms. The van der Waals surface area contributed by atoms with Crippen LogP contribution in [0, 0.1) is 6.92 Å². The zero-order chi connectivity index (χ0) is 29.3. The fraction of sp³-hybridized carbons (Fsp3) is 0.353. The van der Waals surface area contributed by atoms with Crippen LogP contribution in [-0.4, -0.2) is 39.8 Å². The first kappa shape index (κ1) is 38.6. The van der Waals surface area contributed by atoms with Gasteiger partial charge in [-0.15, -0.1) is 0 Å². The van der Waals surface area contributed by atoms with Crippen molar-refractivity contribution >= 4 is 10.9 Å². The summed E-state index contributed by atoms with van der Waals surface area (Å²) in [5.41, 5.74) is 1.23. The molecule has 0 saturated carbocycles.